The van der Waals surface area contributed by atoms with Crippen molar-refractivity contribution < 1.29 is 8.81 Å². The molecule has 12 rings (SSSR count). The van der Waals surface area contributed by atoms with E-state index in [-0.39, 0.29) is 5.82 Å². The highest BCUT2D eigenvalue weighted by molar-refractivity contribution is 6.09. The van der Waals surface area contributed by atoms with Crippen molar-refractivity contribution in [2.24, 2.45) is 0 Å². The van der Waals surface area contributed by atoms with E-state index >= 15 is 4.39 Å². The SMILES string of the molecule is Fc1ccc2c(c1)C1(c3ccccc3-c3ccccc31)c1cc(N(c3ccc(-c4cccc5c4oc4ccccc45)cc3)c3ccccc3-c3ccccc3)ccc1-2. The van der Waals surface area contributed by atoms with Gasteiger partial charge in [0.1, 0.15) is 17.0 Å². The molecular formula is C55H34FNO. The second-order valence-corrected chi connectivity index (χ2v) is 15.3. The Morgan fingerprint density at radius 2 is 0.931 bits per heavy atom. The standard InChI is InChI=1S/C55H34FNO/c56-37-27-31-44-45-32-30-39(34-51(45)55(50(44)33-37)48-21-8-4-16-42(48)43-17-5-9-22-49(43)55)57(52-23-10-6-15-40(52)35-13-2-1-3-14-35)38-28-25-36(26-29-38)41-19-12-20-47-46-18-7-11-24-53(46)58-54(41)47/h1-34H. The van der Waals surface area contributed by atoms with Crippen LogP contribution in [0.5, 0.6) is 0 Å². The van der Waals surface area contributed by atoms with Crippen LogP contribution in [0.2, 0.25) is 0 Å². The molecule has 2 aliphatic carbocycles. The maximum Gasteiger partial charge on any atom is 0.143 e. The zero-order chi connectivity index (χ0) is 38.4. The first kappa shape index (κ1) is 32.7. The Balaban J connectivity index is 1.09. The summed E-state index contributed by atoms with van der Waals surface area (Å²) >= 11 is 0. The average Bonchev–Trinajstić information content (AvgIpc) is 3.91. The molecule has 58 heavy (non-hydrogen) atoms. The number of hydrogen-bond donors (Lipinski definition) is 0. The van der Waals surface area contributed by atoms with E-state index in [9.17, 15) is 0 Å². The molecule has 1 aromatic heterocycles. The predicted octanol–water partition coefficient (Wildman–Crippen LogP) is 14.9. The van der Waals surface area contributed by atoms with Crippen molar-refractivity contribution in [1.82, 2.24) is 0 Å². The molecule has 0 amide bonds. The van der Waals surface area contributed by atoms with Gasteiger partial charge in [-0.25, -0.2) is 4.39 Å². The Morgan fingerprint density at radius 1 is 0.379 bits per heavy atom. The van der Waals surface area contributed by atoms with Crippen LogP contribution in [-0.4, -0.2) is 0 Å². The van der Waals surface area contributed by atoms with Crippen molar-refractivity contribution in [2.45, 2.75) is 5.41 Å². The van der Waals surface area contributed by atoms with E-state index < -0.39 is 5.41 Å². The van der Waals surface area contributed by atoms with Gasteiger partial charge in [0.15, 0.2) is 0 Å². The Labute approximate surface area is 335 Å². The molecule has 0 bridgehead atoms. The minimum Gasteiger partial charge on any atom is -0.455 e. The molecule has 272 valence electrons. The summed E-state index contributed by atoms with van der Waals surface area (Å²) in [6.07, 6.45) is 0. The number of para-hydroxylation sites is 3. The number of fused-ring (bicyclic) bond motifs is 13. The quantitative estimate of drug-likeness (QED) is 0.175. The van der Waals surface area contributed by atoms with Crippen LogP contribution < -0.4 is 4.90 Å². The van der Waals surface area contributed by atoms with Crippen LogP contribution in [0.25, 0.3) is 66.4 Å². The molecule has 0 fully saturated rings. The molecule has 1 heterocycles. The molecule has 1 spiro atoms. The number of hydrogen-bond acceptors (Lipinski definition) is 2. The van der Waals surface area contributed by atoms with Crippen molar-refractivity contribution in [3.63, 3.8) is 0 Å². The largest absolute Gasteiger partial charge is 0.455 e. The Morgan fingerprint density at radius 3 is 1.71 bits per heavy atom. The summed E-state index contributed by atoms with van der Waals surface area (Å²) in [5, 5.41) is 2.23. The summed E-state index contributed by atoms with van der Waals surface area (Å²) in [5.41, 5.74) is 17.6. The third-order valence-corrected chi connectivity index (χ3v) is 12.4. The van der Waals surface area contributed by atoms with E-state index in [0.717, 1.165) is 83.5 Å². The molecule has 0 saturated heterocycles. The zero-order valence-electron chi connectivity index (χ0n) is 31.4. The molecule has 3 heteroatoms. The summed E-state index contributed by atoms with van der Waals surface area (Å²) < 4.78 is 22.0. The Hall–Kier alpha value is -7.49. The normalized spacial score (nSPS) is 13.1. The smallest absolute Gasteiger partial charge is 0.143 e. The molecule has 2 nitrogen and oxygen atoms in total. The molecule has 9 aromatic carbocycles. The van der Waals surface area contributed by atoms with E-state index in [0.29, 0.717) is 0 Å². The first-order valence-electron chi connectivity index (χ1n) is 19.8. The summed E-state index contributed by atoms with van der Waals surface area (Å²) in [7, 11) is 0. The number of halogens is 1. The first-order chi connectivity index (χ1) is 28.7. The highest BCUT2D eigenvalue weighted by Gasteiger charge is 2.52. The summed E-state index contributed by atoms with van der Waals surface area (Å²) in [6, 6.07) is 72.1. The van der Waals surface area contributed by atoms with Gasteiger partial charge in [-0.15, -0.1) is 0 Å². The fourth-order valence-corrected chi connectivity index (χ4v) is 9.96. The minimum atomic E-state index is -0.685. The molecular weight excluding hydrogens is 710 g/mol. The number of furan rings is 1. The highest BCUT2D eigenvalue weighted by atomic mass is 19.1. The lowest BCUT2D eigenvalue weighted by molar-refractivity contribution is 0.622. The fraction of sp³-hybridized carbons (Fsp3) is 0.0182. The summed E-state index contributed by atoms with van der Waals surface area (Å²) in [6.45, 7) is 0. The Bertz CT molecular complexity index is 3210. The van der Waals surface area contributed by atoms with Gasteiger partial charge in [-0.1, -0.05) is 158 Å². The van der Waals surface area contributed by atoms with Crippen LogP contribution in [0.4, 0.5) is 21.5 Å². The first-order valence-corrected chi connectivity index (χ1v) is 19.8. The van der Waals surface area contributed by atoms with Gasteiger partial charge in [0.2, 0.25) is 0 Å². The molecule has 0 unspecified atom stereocenters. The van der Waals surface area contributed by atoms with Crippen LogP contribution in [0, 0.1) is 5.82 Å². The van der Waals surface area contributed by atoms with Gasteiger partial charge in [0.05, 0.1) is 11.1 Å². The van der Waals surface area contributed by atoms with E-state index in [1.54, 1.807) is 12.1 Å². The highest BCUT2D eigenvalue weighted by Crippen LogP contribution is 2.63. The van der Waals surface area contributed by atoms with Gasteiger partial charge in [0.25, 0.3) is 0 Å². The van der Waals surface area contributed by atoms with Crippen LogP contribution in [0.3, 0.4) is 0 Å². The summed E-state index contributed by atoms with van der Waals surface area (Å²) in [5.74, 6) is -0.232. The lowest BCUT2D eigenvalue weighted by atomic mass is 9.70. The molecule has 0 radical (unpaired) electrons. The third-order valence-electron chi connectivity index (χ3n) is 12.4. The van der Waals surface area contributed by atoms with Gasteiger partial charge in [-0.3, -0.25) is 0 Å². The topological polar surface area (TPSA) is 16.4 Å². The van der Waals surface area contributed by atoms with Crippen LogP contribution in [0.15, 0.2) is 211 Å². The van der Waals surface area contributed by atoms with Crippen LogP contribution in [-0.2, 0) is 5.41 Å². The van der Waals surface area contributed by atoms with Gasteiger partial charge in [-0.2, -0.15) is 0 Å². The minimum absolute atomic E-state index is 0.232. The molecule has 0 atom stereocenters. The third kappa shape index (κ3) is 4.59. The van der Waals surface area contributed by atoms with Crippen molar-refractivity contribution >= 4 is 39.0 Å². The fourth-order valence-electron chi connectivity index (χ4n) is 9.96. The van der Waals surface area contributed by atoms with Crippen LogP contribution in [0.1, 0.15) is 22.3 Å². The van der Waals surface area contributed by atoms with Gasteiger partial charge < -0.3 is 9.32 Å². The van der Waals surface area contributed by atoms with Gasteiger partial charge >= 0.3 is 0 Å². The van der Waals surface area contributed by atoms with Crippen molar-refractivity contribution in [3.05, 3.63) is 234 Å². The number of nitrogens with zero attached hydrogens (tertiary/aromatic N) is 1. The van der Waals surface area contributed by atoms with Crippen molar-refractivity contribution in [2.75, 3.05) is 4.90 Å². The molecule has 0 saturated carbocycles. The van der Waals surface area contributed by atoms with Gasteiger partial charge in [-0.05, 0) is 104 Å². The summed E-state index contributed by atoms with van der Waals surface area (Å²) in [4.78, 5) is 2.37. The second kappa shape index (κ2) is 12.5. The monoisotopic (exact) mass is 743 g/mol. The lowest BCUT2D eigenvalue weighted by Crippen LogP contribution is -2.26. The van der Waals surface area contributed by atoms with E-state index in [1.165, 1.54) is 22.3 Å². The number of benzene rings is 9. The maximum atomic E-state index is 15.5. The lowest BCUT2D eigenvalue weighted by Gasteiger charge is -2.32. The van der Waals surface area contributed by atoms with Crippen molar-refractivity contribution in [3.8, 4) is 44.5 Å². The van der Waals surface area contributed by atoms with Crippen LogP contribution >= 0.6 is 0 Å². The molecule has 10 aromatic rings. The molecule has 2 aliphatic rings. The predicted molar refractivity (Wildman–Crippen MR) is 236 cm³/mol. The average molecular weight is 744 g/mol. The van der Waals surface area contributed by atoms with E-state index in [4.69, 9.17) is 4.42 Å². The maximum absolute atomic E-state index is 15.5. The second-order valence-electron chi connectivity index (χ2n) is 15.3. The number of anilines is 3. The van der Waals surface area contributed by atoms with Crippen molar-refractivity contribution in [1.29, 1.82) is 0 Å². The zero-order valence-corrected chi connectivity index (χ0v) is 31.4. The Kier molecular flexibility index (Phi) is 7.06. The molecule has 0 N–H and O–H groups in total. The van der Waals surface area contributed by atoms with E-state index in [1.807, 2.05) is 18.2 Å². The van der Waals surface area contributed by atoms with E-state index in [2.05, 4.69) is 181 Å². The number of rotatable bonds is 5. The molecule has 0 aliphatic heterocycles. The van der Waals surface area contributed by atoms with Gasteiger partial charge in [0, 0.05) is 33.3 Å².